The van der Waals surface area contributed by atoms with Gasteiger partial charge in [0.1, 0.15) is 11.0 Å². The molecule has 0 radical (unpaired) electrons. The molecule has 0 amide bonds. The molecule has 2 nitrogen and oxygen atoms in total. The molecule has 1 aliphatic carbocycles. The van der Waals surface area contributed by atoms with Crippen LogP contribution < -0.4 is 0 Å². The van der Waals surface area contributed by atoms with Gasteiger partial charge in [-0.05, 0) is 37.8 Å². The lowest BCUT2D eigenvalue weighted by Crippen LogP contribution is -2.34. The molecular weight excluding hydrogens is 182 g/mol. The molecule has 1 aliphatic heterocycles. The summed E-state index contributed by atoms with van der Waals surface area (Å²) < 4.78 is 13.7. The maximum atomic E-state index is 11.7. The van der Waals surface area contributed by atoms with Gasteiger partial charge in [0.05, 0.1) is 5.25 Å². The highest BCUT2D eigenvalue weighted by molar-refractivity contribution is 7.83. The van der Waals surface area contributed by atoms with Gasteiger partial charge in [-0.3, -0.25) is 4.31 Å². The molecule has 0 aromatic heterocycles. The van der Waals surface area contributed by atoms with Crippen molar-refractivity contribution in [3.63, 3.8) is 0 Å². The van der Waals surface area contributed by atoms with E-state index in [1.807, 2.05) is 11.4 Å². The Morgan fingerprint density at radius 2 is 2.38 bits per heavy atom. The van der Waals surface area contributed by atoms with Gasteiger partial charge in [0.25, 0.3) is 0 Å². The lowest BCUT2D eigenvalue weighted by atomic mass is 9.98. The molecule has 0 aromatic carbocycles. The fourth-order valence-electron chi connectivity index (χ4n) is 2.02. The molecule has 0 saturated heterocycles. The molecular formula is C10H15NOS. The number of hydrogen-bond donors (Lipinski definition) is 0. The summed E-state index contributed by atoms with van der Waals surface area (Å²) >= 11 is 0. The van der Waals surface area contributed by atoms with Crippen LogP contribution in [0.15, 0.2) is 23.4 Å². The summed E-state index contributed by atoms with van der Waals surface area (Å²) in [6, 6.07) is 0. The van der Waals surface area contributed by atoms with Crippen LogP contribution in [0.25, 0.3) is 0 Å². The first-order valence-corrected chi connectivity index (χ1v) is 5.90. The second-order valence-corrected chi connectivity index (χ2v) is 5.62. The standard InChI is InChI=1S/C10H15NOS/c1-8-7-9-5-3-4-6-10(9)11(2)13(8)12/h4,6,8H,3,5,7H2,1-2H3. The third-order valence-electron chi connectivity index (χ3n) is 2.74. The molecule has 1 heterocycles. The van der Waals surface area contributed by atoms with Crippen LogP contribution in [0.3, 0.4) is 0 Å². The van der Waals surface area contributed by atoms with E-state index in [0.29, 0.717) is 0 Å². The van der Waals surface area contributed by atoms with Gasteiger partial charge in [-0.2, -0.15) is 0 Å². The second-order valence-electron chi connectivity index (χ2n) is 3.72. The summed E-state index contributed by atoms with van der Waals surface area (Å²) in [5, 5.41) is 0.287. The molecule has 0 spiro atoms. The Kier molecular flexibility index (Phi) is 2.28. The predicted molar refractivity (Wildman–Crippen MR) is 55.4 cm³/mol. The Labute approximate surface area is 81.9 Å². The Balaban J connectivity index is 2.36. The summed E-state index contributed by atoms with van der Waals surface area (Å²) in [6.07, 6.45) is 7.59. The Morgan fingerprint density at radius 3 is 3.15 bits per heavy atom. The molecule has 0 saturated carbocycles. The third-order valence-corrected chi connectivity index (χ3v) is 4.33. The molecule has 0 fully saturated rings. The van der Waals surface area contributed by atoms with Crippen molar-refractivity contribution >= 4 is 11.0 Å². The van der Waals surface area contributed by atoms with Crippen LogP contribution in [0.4, 0.5) is 0 Å². The zero-order valence-electron chi connectivity index (χ0n) is 8.12. The van der Waals surface area contributed by atoms with Crippen molar-refractivity contribution in [2.24, 2.45) is 0 Å². The van der Waals surface area contributed by atoms with Gasteiger partial charge in [0.15, 0.2) is 0 Å². The number of nitrogens with zero attached hydrogens (tertiary/aromatic N) is 1. The van der Waals surface area contributed by atoms with E-state index in [1.54, 1.807) is 0 Å². The van der Waals surface area contributed by atoms with E-state index in [1.165, 1.54) is 11.3 Å². The van der Waals surface area contributed by atoms with Crippen LogP contribution in [0.5, 0.6) is 0 Å². The van der Waals surface area contributed by atoms with E-state index >= 15 is 0 Å². The van der Waals surface area contributed by atoms with Crippen LogP contribution >= 0.6 is 0 Å². The largest absolute Gasteiger partial charge is 0.295 e. The van der Waals surface area contributed by atoms with E-state index in [2.05, 4.69) is 19.1 Å². The van der Waals surface area contributed by atoms with E-state index in [0.717, 1.165) is 19.3 Å². The molecule has 0 N–H and O–H groups in total. The molecule has 2 aliphatic rings. The molecule has 72 valence electrons. The third kappa shape index (κ3) is 1.46. The van der Waals surface area contributed by atoms with Gasteiger partial charge in [-0.25, -0.2) is 4.21 Å². The van der Waals surface area contributed by atoms with Gasteiger partial charge in [-0.1, -0.05) is 6.08 Å². The summed E-state index contributed by atoms with van der Waals surface area (Å²) in [6.45, 7) is 2.06. The van der Waals surface area contributed by atoms with Crippen molar-refractivity contribution in [1.29, 1.82) is 0 Å². The van der Waals surface area contributed by atoms with E-state index in [4.69, 9.17) is 0 Å². The maximum Gasteiger partial charge on any atom is 0.122 e. The number of hydrogen-bond acceptors (Lipinski definition) is 1. The van der Waals surface area contributed by atoms with E-state index in [9.17, 15) is 4.21 Å². The van der Waals surface area contributed by atoms with Crippen LogP contribution in [0.1, 0.15) is 26.2 Å². The van der Waals surface area contributed by atoms with Gasteiger partial charge in [0, 0.05) is 12.7 Å². The zero-order chi connectivity index (χ0) is 9.42. The Hall–Kier alpha value is -0.570. The average molecular weight is 197 g/mol. The smallest absolute Gasteiger partial charge is 0.122 e. The minimum atomic E-state index is -0.824. The highest BCUT2D eigenvalue weighted by atomic mass is 32.2. The van der Waals surface area contributed by atoms with Gasteiger partial charge >= 0.3 is 0 Å². The first-order valence-electron chi connectivity index (χ1n) is 4.73. The topological polar surface area (TPSA) is 20.3 Å². The van der Waals surface area contributed by atoms with Crippen molar-refractivity contribution in [3.8, 4) is 0 Å². The number of likely N-dealkylation sites (N-methyl/N-ethyl adjacent to an activating group) is 1. The average Bonchev–Trinajstić information content (AvgIpc) is 2.15. The number of rotatable bonds is 0. The van der Waals surface area contributed by atoms with E-state index in [-0.39, 0.29) is 5.25 Å². The first kappa shape index (κ1) is 9.00. The summed E-state index contributed by atoms with van der Waals surface area (Å²) in [5.74, 6) is 0. The van der Waals surface area contributed by atoms with Crippen molar-refractivity contribution in [2.75, 3.05) is 7.05 Å². The summed E-state index contributed by atoms with van der Waals surface area (Å²) in [7, 11) is 1.10. The predicted octanol–water partition coefficient (Wildman–Crippen LogP) is 1.98. The first-order chi connectivity index (χ1) is 6.20. The number of allylic oxidation sites excluding steroid dienone is 3. The minimum absolute atomic E-state index is 0.287. The molecule has 2 rings (SSSR count). The van der Waals surface area contributed by atoms with Crippen LogP contribution in [-0.2, 0) is 11.0 Å². The molecule has 2 atom stereocenters. The molecule has 0 aromatic rings. The Bertz CT molecular complexity index is 306. The second kappa shape index (κ2) is 3.29. The van der Waals surface area contributed by atoms with Crippen LogP contribution in [-0.4, -0.2) is 20.8 Å². The highest BCUT2D eigenvalue weighted by Crippen LogP contribution is 2.32. The van der Waals surface area contributed by atoms with Crippen molar-refractivity contribution < 1.29 is 4.21 Å². The monoisotopic (exact) mass is 197 g/mol. The summed E-state index contributed by atoms with van der Waals surface area (Å²) in [5.41, 5.74) is 2.68. The lowest BCUT2D eigenvalue weighted by Gasteiger charge is -2.33. The molecule has 3 heteroatoms. The fraction of sp³-hybridized carbons (Fsp3) is 0.600. The van der Waals surface area contributed by atoms with E-state index < -0.39 is 11.0 Å². The Morgan fingerprint density at radius 1 is 1.62 bits per heavy atom. The molecule has 13 heavy (non-hydrogen) atoms. The van der Waals surface area contributed by atoms with Crippen molar-refractivity contribution in [3.05, 3.63) is 23.4 Å². The normalized spacial score (nSPS) is 33.5. The van der Waals surface area contributed by atoms with Crippen LogP contribution in [0.2, 0.25) is 0 Å². The van der Waals surface area contributed by atoms with Crippen molar-refractivity contribution in [2.45, 2.75) is 31.4 Å². The summed E-state index contributed by atoms with van der Waals surface area (Å²) in [4.78, 5) is 0. The lowest BCUT2D eigenvalue weighted by molar-refractivity contribution is 0.565. The van der Waals surface area contributed by atoms with Gasteiger partial charge in [-0.15, -0.1) is 0 Å². The van der Waals surface area contributed by atoms with Crippen LogP contribution in [0, 0.1) is 0 Å². The quantitative estimate of drug-likeness (QED) is 0.581. The fourth-order valence-corrected chi connectivity index (χ4v) is 3.29. The molecule has 0 bridgehead atoms. The van der Waals surface area contributed by atoms with Gasteiger partial charge in [0.2, 0.25) is 0 Å². The SMILES string of the molecule is CC1CC2=C(C=CCC2)N(C)S1=O. The maximum absolute atomic E-state index is 11.7. The van der Waals surface area contributed by atoms with Gasteiger partial charge < -0.3 is 0 Å². The zero-order valence-corrected chi connectivity index (χ0v) is 8.93. The molecule has 2 unspecified atom stereocenters. The highest BCUT2D eigenvalue weighted by Gasteiger charge is 2.27. The van der Waals surface area contributed by atoms with Crippen molar-refractivity contribution in [1.82, 2.24) is 4.31 Å². The minimum Gasteiger partial charge on any atom is -0.295 e.